The number of nitrogen functional groups attached to an aromatic ring is 1. The fourth-order valence-corrected chi connectivity index (χ4v) is 1.25. The van der Waals surface area contributed by atoms with E-state index in [1.165, 1.54) is 6.07 Å². The van der Waals surface area contributed by atoms with Crippen molar-refractivity contribution in [1.82, 2.24) is 0 Å². The second-order valence-corrected chi connectivity index (χ2v) is 2.91. The summed E-state index contributed by atoms with van der Waals surface area (Å²) < 4.78 is 17.6. The minimum absolute atomic E-state index is 0.112. The summed E-state index contributed by atoms with van der Waals surface area (Å²) in [5.74, 6) is -0.962. The molecule has 0 spiro atoms. The first-order valence-electron chi connectivity index (χ1n) is 4.29. The fourth-order valence-electron chi connectivity index (χ4n) is 1.25. The van der Waals surface area contributed by atoms with Crippen LogP contribution in [0, 0.1) is 12.7 Å². The summed E-state index contributed by atoms with van der Waals surface area (Å²) in [7, 11) is 0. The average molecular weight is 197 g/mol. The summed E-state index contributed by atoms with van der Waals surface area (Å²) in [5.41, 5.74) is 6.36. The van der Waals surface area contributed by atoms with E-state index in [0.717, 1.165) is 6.07 Å². The van der Waals surface area contributed by atoms with Gasteiger partial charge in [0.2, 0.25) is 0 Å². The predicted octanol–water partition coefficient (Wildman–Crippen LogP) is 1.89. The molecule has 0 bridgehead atoms. The summed E-state index contributed by atoms with van der Waals surface area (Å²) in [6.45, 7) is 3.59. The number of hydrogen-bond donors (Lipinski definition) is 1. The van der Waals surface area contributed by atoms with Gasteiger partial charge in [-0.15, -0.1) is 0 Å². The maximum atomic E-state index is 12.8. The van der Waals surface area contributed by atoms with E-state index in [-0.39, 0.29) is 17.9 Å². The Morgan fingerprint density at radius 1 is 1.57 bits per heavy atom. The Bertz CT molecular complexity index is 340. The van der Waals surface area contributed by atoms with E-state index in [2.05, 4.69) is 0 Å². The molecule has 0 saturated heterocycles. The highest BCUT2D eigenvalue weighted by atomic mass is 19.1. The SMILES string of the molecule is CCOC(=O)c1c(C)cc(F)cc1N. The van der Waals surface area contributed by atoms with Crippen molar-refractivity contribution in [2.24, 2.45) is 0 Å². The molecule has 76 valence electrons. The van der Waals surface area contributed by atoms with Crippen molar-refractivity contribution < 1.29 is 13.9 Å². The lowest BCUT2D eigenvalue weighted by molar-refractivity contribution is 0.0527. The van der Waals surface area contributed by atoms with Crippen LogP contribution >= 0.6 is 0 Å². The number of carbonyl (C=O) groups is 1. The van der Waals surface area contributed by atoms with E-state index in [9.17, 15) is 9.18 Å². The number of halogens is 1. The molecule has 0 atom stereocenters. The van der Waals surface area contributed by atoms with E-state index < -0.39 is 11.8 Å². The Balaban J connectivity index is 3.14. The molecule has 1 aromatic rings. The Kier molecular flexibility index (Phi) is 3.06. The van der Waals surface area contributed by atoms with Gasteiger partial charge in [0, 0.05) is 5.69 Å². The van der Waals surface area contributed by atoms with Crippen LogP contribution in [0.1, 0.15) is 22.8 Å². The van der Waals surface area contributed by atoms with Gasteiger partial charge in [0.1, 0.15) is 5.82 Å². The molecule has 0 aliphatic rings. The van der Waals surface area contributed by atoms with Crippen molar-refractivity contribution in [3.63, 3.8) is 0 Å². The molecule has 0 aromatic heterocycles. The maximum absolute atomic E-state index is 12.8. The van der Waals surface area contributed by atoms with Crippen molar-refractivity contribution in [3.8, 4) is 0 Å². The van der Waals surface area contributed by atoms with E-state index in [1.807, 2.05) is 0 Å². The molecule has 0 heterocycles. The number of hydrogen-bond acceptors (Lipinski definition) is 3. The molecule has 1 aromatic carbocycles. The Morgan fingerprint density at radius 3 is 2.71 bits per heavy atom. The van der Waals surface area contributed by atoms with E-state index >= 15 is 0 Å². The van der Waals surface area contributed by atoms with Gasteiger partial charge in [-0.25, -0.2) is 9.18 Å². The number of ether oxygens (including phenoxy) is 1. The first-order chi connectivity index (χ1) is 6.56. The third-order valence-electron chi connectivity index (χ3n) is 1.81. The zero-order valence-electron chi connectivity index (χ0n) is 8.13. The summed E-state index contributed by atoms with van der Waals surface area (Å²) in [4.78, 5) is 11.4. The molecule has 2 N–H and O–H groups in total. The van der Waals surface area contributed by atoms with Crippen LogP contribution in [-0.4, -0.2) is 12.6 Å². The zero-order chi connectivity index (χ0) is 10.7. The molecule has 0 unspecified atom stereocenters. The molecule has 14 heavy (non-hydrogen) atoms. The van der Waals surface area contributed by atoms with Crippen LogP contribution in [0.3, 0.4) is 0 Å². The molecule has 0 saturated carbocycles. The summed E-state index contributed by atoms with van der Waals surface area (Å²) in [6.07, 6.45) is 0. The quantitative estimate of drug-likeness (QED) is 0.581. The highest BCUT2D eigenvalue weighted by Gasteiger charge is 2.14. The third-order valence-corrected chi connectivity index (χ3v) is 1.81. The van der Waals surface area contributed by atoms with Crippen molar-refractivity contribution in [1.29, 1.82) is 0 Å². The molecule has 0 amide bonds. The molecule has 0 radical (unpaired) electrons. The largest absolute Gasteiger partial charge is 0.462 e. The topological polar surface area (TPSA) is 52.3 Å². The molecule has 0 fully saturated rings. The lowest BCUT2D eigenvalue weighted by atomic mass is 10.1. The molecule has 4 heteroatoms. The van der Waals surface area contributed by atoms with Gasteiger partial charge in [0.05, 0.1) is 12.2 Å². The highest BCUT2D eigenvalue weighted by molar-refractivity contribution is 5.96. The fraction of sp³-hybridized carbons (Fsp3) is 0.300. The van der Waals surface area contributed by atoms with Gasteiger partial charge in [-0.1, -0.05) is 0 Å². The highest BCUT2D eigenvalue weighted by Crippen LogP contribution is 2.19. The van der Waals surface area contributed by atoms with Crippen LogP contribution in [0.15, 0.2) is 12.1 Å². The van der Waals surface area contributed by atoms with Gasteiger partial charge >= 0.3 is 5.97 Å². The summed E-state index contributed by atoms with van der Waals surface area (Å²) in [5, 5.41) is 0. The Hall–Kier alpha value is -1.58. The normalized spacial score (nSPS) is 9.93. The Morgan fingerprint density at radius 2 is 2.21 bits per heavy atom. The van der Waals surface area contributed by atoms with Crippen LogP contribution in [0.5, 0.6) is 0 Å². The van der Waals surface area contributed by atoms with Gasteiger partial charge < -0.3 is 10.5 Å². The van der Waals surface area contributed by atoms with Crippen LogP contribution in [0.25, 0.3) is 0 Å². The van der Waals surface area contributed by atoms with Crippen molar-refractivity contribution in [2.75, 3.05) is 12.3 Å². The number of rotatable bonds is 2. The molecule has 0 aliphatic heterocycles. The van der Waals surface area contributed by atoms with Crippen LogP contribution < -0.4 is 5.73 Å². The predicted molar refractivity (Wildman–Crippen MR) is 51.5 cm³/mol. The first-order valence-corrected chi connectivity index (χ1v) is 4.29. The van der Waals surface area contributed by atoms with E-state index in [4.69, 9.17) is 10.5 Å². The number of aryl methyl sites for hydroxylation is 1. The lowest BCUT2D eigenvalue weighted by Gasteiger charge is -2.08. The number of carbonyl (C=O) groups excluding carboxylic acids is 1. The van der Waals surface area contributed by atoms with Crippen LogP contribution in [0.4, 0.5) is 10.1 Å². The van der Waals surface area contributed by atoms with Crippen molar-refractivity contribution >= 4 is 11.7 Å². The van der Waals surface area contributed by atoms with Gasteiger partial charge in [-0.3, -0.25) is 0 Å². The molecule has 1 rings (SSSR count). The van der Waals surface area contributed by atoms with Crippen molar-refractivity contribution in [2.45, 2.75) is 13.8 Å². The minimum Gasteiger partial charge on any atom is -0.462 e. The smallest absolute Gasteiger partial charge is 0.340 e. The van der Waals surface area contributed by atoms with Crippen molar-refractivity contribution in [3.05, 3.63) is 29.1 Å². The third kappa shape index (κ3) is 2.02. The van der Waals surface area contributed by atoms with Gasteiger partial charge in [-0.05, 0) is 31.5 Å². The second-order valence-electron chi connectivity index (χ2n) is 2.91. The molecular weight excluding hydrogens is 185 g/mol. The van der Waals surface area contributed by atoms with Crippen LogP contribution in [0.2, 0.25) is 0 Å². The standard InChI is InChI=1S/C10H12FNO2/c1-3-14-10(13)9-6(2)4-7(11)5-8(9)12/h4-5H,3,12H2,1-2H3. The number of esters is 1. The second kappa shape index (κ2) is 4.09. The number of benzene rings is 1. The average Bonchev–Trinajstić information content (AvgIpc) is 2.01. The minimum atomic E-state index is -0.512. The van der Waals surface area contributed by atoms with Gasteiger partial charge in [-0.2, -0.15) is 0 Å². The monoisotopic (exact) mass is 197 g/mol. The first kappa shape index (κ1) is 10.5. The summed E-state index contributed by atoms with van der Waals surface area (Å²) in [6, 6.07) is 2.36. The molecule has 0 aliphatic carbocycles. The molecule has 3 nitrogen and oxygen atoms in total. The molecular formula is C10H12FNO2. The number of anilines is 1. The summed E-state index contributed by atoms with van der Waals surface area (Å²) >= 11 is 0. The van der Waals surface area contributed by atoms with Gasteiger partial charge in [0.25, 0.3) is 0 Å². The Labute approximate surface area is 81.7 Å². The zero-order valence-corrected chi connectivity index (χ0v) is 8.13. The van der Waals surface area contributed by atoms with Gasteiger partial charge in [0.15, 0.2) is 0 Å². The number of nitrogens with two attached hydrogens (primary N) is 1. The van der Waals surface area contributed by atoms with E-state index in [0.29, 0.717) is 5.56 Å². The lowest BCUT2D eigenvalue weighted by Crippen LogP contribution is -2.10. The van der Waals surface area contributed by atoms with Crippen LogP contribution in [-0.2, 0) is 4.74 Å². The van der Waals surface area contributed by atoms with E-state index in [1.54, 1.807) is 13.8 Å². The maximum Gasteiger partial charge on any atom is 0.340 e.